The van der Waals surface area contributed by atoms with Crippen molar-refractivity contribution in [3.8, 4) is 22.6 Å². The molecular weight excluding hydrogens is 454 g/mol. The van der Waals surface area contributed by atoms with Crippen LogP contribution in [0.1, 0.15) is 53.1 Å². The van der Waals surface area contributed by atoms with E-state index in [0.29, 0.717) is 24.4 Å². The maximum absolute atomic E-state index is 13.0. The van der Waals surface area contributed by atoms with Gasteiger partial charge < -0.3 is 14.8 Å². The predicted molar refractivity (Wildman–Crippen MR) is 135 cm³/mol. The number of nitrogens with zero attached hydrogens (tertiary/aromatic N) is 3. The van der Waals surface area contributed by atoms with Crippen molar-refractivity contribution >= 4 is 17.7 Å². The van der Waals surface area contributed by atoms with Crippen molar-refractivity contribution in [2.75, 3.05) is 13.1 Å². The number of hydrogen-bond acceptors (Lipinski definition) is 5. The second-order valence-corrected chi connectivity index (χ2v) is 9.98. The normalized spacial score (nSPS) is 20.5. The Morgan fingerprint density at radius 2 is 1.81 bits per heavy atom. The van der Waals surface area contributed by atoms with E-state index in [2.05, 4.69) is 34.9 Å². The number of nitrogens with one attached hydrogen (secondary N) is 2. The fraction of sp³-hybridized carbons (Fsp3) is 0.357. The topological polar surface area (TPSA) is 96.3 Å². The van der Waals surface area contributed by atoms with Gasteiger partial charge in [-0.05, 0) is 67.6 Å². The molecule has 0 bridgehead atoms. The van der Waals surface area contributed by atoms with Crippen LogP contribution in [-0.4, -0.2) is 51.3 Å². The Morgan fingerprint density at radius 3 is 2.61 bits per heavy atom. The number of rotatable bonds is 4. The van der Waals surface area contributed by atoms with Gasteiger partial charge in [0.25, 0.3) is 5.91 Å². The molecule has 1 atom stereocenters. The first-order chi connectivity index (χ1) is 17.5. The highest BCUT2D eigenvalue weighted by Gasteiger charge is 2.39. The first kappa shape index (κ1) is 22.7. The van der Waals surface area contributed by atoms with Gasteiger partial charge in [0.2, 0.25) is 11.8 Å². The highest BCUT2D eigenvalue weighted by Crippen LogP contribution is 2.33. The van der Waals surface area contributed by atoms with Crippen LogP contribution in [-0.2, 0) is 23.2 Å². The summed E-state index contributed by atoms with van der Waals surface area (Å²) in [6.07, 6.45) is 4.93. The molecule has 0 aliphatic carbocycles. The van der Waals surface area contributed by atoms with Crippen LogP contribution in [0.2, 0.25) is 0 Å². The van der Waals surface area contributed by atoms with Gasteiger partial charge in [-0.2, -0.15) is 0 Å². The molecule has 36 heavy (non-hydrogen) atoms. The number of hydrogen-bond donors (Lipinski definition) is 2. The lowest BCUT2D eigenvalue weighted by atomic mass is 9.89. The molecule has 0 saturated carbocycles. The highest BCUT2D eigenvalue weighted by molar-refractivity contribution is 6.05. The number of carbonyl (C=O) groups is 3. The van der Waals surface area contributed by atoms with Crippen molar-refractivity contribution in [1.29, 1.82) is 0 Å². The summed E-state index contributed by atoms with van der Waals surface area (Å²) in [6.45, 7) is 2.47. The van der Waals surface area contributed by atoms with E-state index >= 15 is 0 Å². The molecule has 3 amide bonds. The van der Waals surface area contributed by atoms with Gasteiger partial charge in [0, 0.05) is 42.9 Å². The lowest BCUT2D eigenvalue weighted by molar-refractivity contribution is -0.136. The van der Waals surface area contributed by atoms with Gasteiger partial charge in [0.05, 0.1) is 5.69 Å². The van der Waals surface area contributed by atoms with Crippen molar-refractivity contribution in [3.63, 3.8) is 0 Å². The molecule has 2 saturated heterocycles. The fourth-order valence-electron chi connectivity index (χ4n) is 5.69. The van der Waals surface area contributed by atoms with Crippen molar-refractivity contribution in [2.45, 2.75) is 44.2 Å². The Morgan fingerprint density at radius 1 is 0.972 bits per heavy atom. The van der Waals surface area contributed by atoms with Crippen LogP contribution < -0.4 is 10.6 Å². The van der Waals surface area contributed by atoms with Crippen LogP contribution in [0, 0.1) is 0 Å². The zero-order chi connectivity index (χ0) is 24.8. The standard InChI is InChI=1S/C28H29N5O3/c1-32-16-23(30-26(32)20-4-2-3-18(13-20)17-9-11-29-12-10-17)19-5-6-22-21(14-19)15-33(28(22)36)24-7-8-25(34)31-27(24)35/h2-6,13-14,16-17,24,29H,7-12,15H2,1H3,(H,31,34,35). The summed E-state index contributed by atoms with van der Waals surface area (Å²) in [7, 11) is 2.00. The van der Waals surface area contributed by atoms with E-state index in [0.717, 1.165) is 54.1 Å². The van der Waals surface area contributed by atoms with Crippen LogP contribution in [0.3, 0.4) is 0 Å². The predicted octanol–water partition coefficient (Wildman–Crippen LogP) is 2.98. The summed E-state index contributed by atoms with van der Waals surface area (Å²) in [4.78, 5) is 43.4. The molecule has 6 rings (SSSR count). The summed E-state index contributed by atoms with van der Waals surface area (Å²) < 4.78 is 2.05. The first-order valence-corrected chi connectivity index (χ1v) is 12.6. The largest absolute Gasteiger partial charge is 0.333 e. The second-order valence-electron chi connectivity index (χ2n) is 9.98. The minimum atomic E-state index is -0.611. The molecule has 8 heteroatoms. The third-order valence-corrected chi connectivity index (χ3v) is 7.65. The van der Waals surface area contributed by atoms with Gasteiger partial charge in [-0.15, -0.1) is 0 Å². The molecule has 0 spiro atoms. The third kappa shape index (κ3) is 4.01. The van der Waals surface area contributed by atoms with Crippen LogP contribution in [0.25, 0.3) is 22.6 Å². The fourth-order valence-corrected chi connectivity index (χ4v) is 5.69. The van der Waals surface area contributed by atoms with Crippen LogP contribution in [0.5, 0.6) is 0 Å². The van der Waals surface area contributed by atoms with Crippen LogP contribution in [0.15, 0.2) is 48.7 Å². The number of imidazole rings is 1. The summed E-state index contributed by atoms with van der Waals surface area (Å²) in [5.41, 5.74) is 5.72. The molecule has 184 valence electrons. The van der Waals surface area contributed by atoms with Crippen LogP contribution in [0.4, 0.5) is 0 Å². The van der Waals surface area contributed by atoms with Gasteiger partial charge in [0.1, 0.15) is 11.9 Å². The van der Waals surface area contributed by atoms with Gasteiger partial charge >= 0.3 is 0 Å². The molecule has 1 unspecified atom stereocenters. The molecule has 0 radical (unpaired) electrons. The number of aromatic nitrogens is 2. The zero-order valence-corrected chi connectivity index (χ0v) is 20.3. The summed E-state index contributed by atoms with van der Waals surface area (Å²) in [6, 6.07) is 13.8. The number of carbonyl (C=O) groups excluding carboxylic acids is 3. The van der Waals surface area contributed by atoms with Gasteiger partial charge in [-0.25, -0.2) is 4.98 Å². The monoisotopic (exact) mass is 483 g/mol. The molecule has 3 aromatic rings. The molecule has 1 aromatic heterocycles. The Hall–Kier alpha value is -3.78. The third-order valence-electron chi connectivity index (χ3n) is 7.65. The van der Waals surface area contributed by atoms with E-state index in [1.807, 2.05) is 36.0 Å². The average molecular weight is 484 g/mol. The summed E-state index contributed by atoms with van der Waals surface area (Å²) >= 11 is 0. The lowest BCUT2D eigenvalue weighted by Gasteiger charge is -2.29. The molecule has 3 aliphatic rings. The smallest absolute Gasteiger partial charge is 0.255 e. The molecule has 2 N–H and O–H groups in total. The molecular formula is C28H29N5O3. The van der Waals surface area contributed by atoms with E-state index in [1.54, 1.807) is 4.90 Å². The van der Waals surface area contributed by atoms with Gasteiger partial charge in [-0.3, -0.25) is 19.7 Å². The maximum Gasteiger partial charge on any atom is 0.255 e. The van der Waals surface area contributed by atoms with Crippen molar-refractivity contribution in [3.05, 3.63) is 65.4 Å². The number of fused-ring (bicyclic) bond motifs is 1. The molecule has 2 aromatic carbocycles. The quantitative estimate of drug-likeness (QED) is 0.557. The minimum Gasteiger partial charge on any atom is -0.333 e. The SMILES string of the molecule is Cn1cc(-c2ccc3c(c2)CN(C2CCC(=O)NC2=O)C3=O)nc1-c1cccc(C2CCNCC2)c1. The number of amides is 3. The molecule has 4 heterocycles. The lowest BCUT2D eigenvalue weighted by Crippen LogP contribution is -2.52. The van der Waals surface area contributed by atoms with E-state index in [9.17, 15) is 14.4 Å². The number of aryl methyl sites for hydroxylation is 1. The van der Waals surface area contributed by atoms with Gasteiger partial charge in [-0.1, -0.05) is 24.3 Å². The number of piperidine rings is 2. The van der Waals surface area contributed by atoms with E-state index in [1.165, 1.54) is 5.56 Å². The molecule has 3 aliphatic heterocycles. The minimum absolute atomic E-state index is 0.164. The van der Waals surface area contributed by atoms with Crippen molar-refractivity contribution < 1.29 is 14.4 Å². The van der Waals surface area contributed by atoms with Crippen LogP contribution >= 0.6 is 0 Å². The summed E-state index contributed by atoms with van der Waals surface area (Å²) in [5.74, 6) is 0.640. The van der Waals surface area contributed by atoms with E-state index in [-0.39, 0.29) is 18.2 Å². The van der Waals surface area contributed by atoms with E-state index < -0.39 is 11.9 Å². The zero-order valence-electron chi connectivity index (χ0n) is 20.3. The maximum atomic E-state index is 13.0. The molecule has 8 nitrogen and oxygen atoms in total. The van der Waals surface area contributed by atoms with Crippen molar-refractivity contribution in [1.82, 2.24) is 25.1 Å². The number of benzene rings is 2. The Kier molecular flexibility index (Phi) is 5.68. The number of imide groups is 1. The Labute approximate surface area is 209 Å². The average Bonchev–Trinajstić information content (AvgIpc) is 3.44. The molecule has 2 fully saturated rings. The van der Waals surface area contributed by atoms with Gasteiger partial charge in [0.15, 0.2) is 0 Å². The van der Waals surface area contributed by atoms with E-state index in [4.69, 9.17) is 4.98 Å². The Bertz CT molecular complexity index is 1370. The second kappa shape index (κ2) is 9.02. The first-order valence-electron chi connectivity index (χ1n) is 12.6. The van der Waals surface area contributed by atoms with Crippen molar-refractivity contribution in [2.24, 2.45) is 7.05 Å². The highest BCUT2D eigenvalue weighted by atomic mass is 16.2. The summed E-state index contributed by atoms with van der Waals surface area (Å²) in [5, 5.41) is 5.79. The Balaban J connectivity index is 1.26.